The fraction of sp³-hybridized carbons (Fsp3) is 0.250. The molecule has 7 heteroatoms. The Morgan fingerprint density at radius 2 is 1.90 bits per heavy atom. The van der Waals surface area contributed by atoms with Crippen LogP contribution in [-0.2, 0) is 16.0 Å². The molecule has 1 N–H and O–H groups in total. The molecule has 2 aromatic carbocycles. The highest BCUT2D eigenvalue weighted by atomic mass is 16.7. The predicted molar refractivity (Wildman–Crippen MR) is 114 cm³/mol. The minimum absolute atomic E-state index is 0.0188. The molecule has 3 aliphatic rings. The quantitative estimate of drug-likeness (QED) is 0.621. The summed E-state index contributed by atoms with van der Waals surface area (Å²) in [5.41, 5.74) is 4.44. The van der Waals surface area contributed by atoms with Gasteiger partial charge in [-0.3, -0.25) is 9.59 Å². The Balaban J connectivity index is 1.60. The first-order valence-electron chi connectivity index (χ1n) is 10.3. The molecule has 0 radical (unpaired) electrons. The molecule has 0 bridgehead atoms. The van der Waals surface area contributed by atoms with Crippen LogP contribution >= 0.6 is 0 Å². The zero-order chi connectivity index (χ0) is 21.3. The lowest BCUT2D eigenvalue weighted by Crippen LogP contribution is -2.48. The van der Waals surface area contributed by atoms with E-state index in [1.165, 1.54) is 4.90 Å². The third-order valence-corrected chi connectivity index (χ3v) is 6.53. The van der Waals surface area contributed by atoms with E-state index < -0.39 is 6.04 Å². The summed E-state index contributed by atoms with van der Waals surface area (Å²) in [5.74, 6) is 1.06. The molecule has 4 heterocycles. The average Bonchev–Trinajstić information content (AvgIpc) is 3.38. The second kappa shape index (κ2) is 6.38. The molecule has 1 aromatic heterocycles. The Bertz CT molecular complexity index is 1280. The molecule has 2 atom stereocenters. The lowest BCUT2D eigenvalue weighted by atomic mass is 9.85. The van der Waals surface area contributed by atoms with Gasteiger partial charge in [-0.1, -0.05) is 30.8 Å². The summed E-state index contributed by atoms with van der Waals surface area (Å²) in [5, 5.41) is 1.10. The summed E-state index contributed by atoms with van der Waals surface area (Å²) < 4.78 is 11.1. The van der Waals surface area contributed by atoms with Crippen LogP contribution in [0, 0.1) is 0 Å². The number of carbonyl (C=O) groups excluding carboxylic acids is 2. The number of aromatic amines is 1. The van der Waals surface area contributed by atoms with Gasteiger partial charge in [-0.15, -0.1) is 0 Å². The lowest BCUT2D eigenvalue weighted by Gasteiger charge is -2.41. The molecule has 3 aliphatic heterocycles. The van der Waals surface area contributed by atoms with Crippen LogP contribution in [-0.4, -0.2) is 53.0 Å². The van der Waals surface area contributed by atoms with Gasteiger partial charge >= 0.3 is 0 Å². The van der Waals surface area contributed by atoms with E-state index in [4.69, 9.17) is 9.47 Å². The fourth-order valence-electron chi connectivity index (χ4n) is 5.05. The van der Waals surface area contributed by atoms with Crippen LogP contribution in [0.2, 0.25) is 0 Å². The predicted octanol–water partition coefficient (Wildman–Crippen LogP) is 2.77. The summed E-state index contributed by atoms with van der Waals surface area (Å²) in [6.45, 7) is 4.31. The van der Waals surface area contributed by atoms with Gasteiger partial charge in [0.05, 0.1) is 18.6 Å². The zero-order valence-corrected chi connectivity index (χ0v) is 17.1. The first kappa shape index (κ1) is 18.1. The number of fused-ring (bicyclic) bond motifs is 5. The van der Waals surface area contributed by atoms with E-state index in [1.54, 1.807) is 7.05 Å². The van der Waals surface area contributed by atoms with Crippen LogP contribution in [0.3, 0.4) is 0 Å². The number of amides is 2. The molecule has 6 rings (SSSR count). The van der Waals surface area contributed by atoms with Gasteiger partial charge in [0, 0.05) is 29.2 Å². The number of hydrogen-bond donors (Lipinski definition) is 1. The molecule has 2 amide bonds. The van der Waals surface area contributed by atoms with Crippen LogP contribution < -0.4 is 9.47 Å². The number of nitrogens with one attached hydrogen (secondary N) is 1. The second-order valence-electron chi connectivity index (χ2n) is 8.29. The third-order valence-electron chi connectivity index (χ3n) is 6.53. The van der Waals surface area contributed by atoms with Crippen LogP contribution in [0.1, 0.15) is 22.9 Å². The van der Waals surface area contributed by atoms with E-state index in [9.17, 15) is 9.59 Å². The monoisotopic (exact) mass is 415 g/mol. The van der Waals surface area contributed by atoms with E-state index in [2.05, 4.69) is 17.6 Å². The number of carbonyl (C=O) groups is 2. The van der Waals surface area contributed by atoms with Crippen molar-refractivity contribution in [3.05, 3.63) is 71.4 Å². The Labute approximate surface area is 178 Å². The smallest absolute Gasteiger partial charge is 0.251 e. The van der Waals surface area contributed by atoms with Crippen molar-refractivity contribution in [2.45, 2.75) is 18.5 Å². The first-order chi connectivity index (χ1) is 15.0. The van der Waals surface area contributed by atoms with E-state index in [0.29, 0.717) is 23.5 Å². The van der Waals surface area contributed by atoms with Crippen LogP contribution in [0.4, 0.5) is 0 Å². The van der Waals surface area contributed by atoms with Gasteiger partial charge in [0.1, 0.15) is 0 Å². The molecule has 31 heavy (non-hydrogen) atoms. The van der Waals surface area contributed by atoms with Gasteiger partial charge in [0.2, 0.25) is 12.7 Å². The summed E-state index contributed by atoms with van der Waals surface area (Å²) in [6, 6.07) is 13.1. The van der Waals surface area contributed by atoms with E-state index in [-0.39, 0.29) is 31.2 Å². The van der Waals surface area contributed by atoms with Gasteiger partial charge in [-0.2, -0.15) is 0 Å². The van der Waals surface area contributed by atoms with Crippen molar-refractivity contribution in [2.24, 2.45) is 0 Å². The third kappa shape index (κ3) is 2.52. The number of H-pyrrole nitrogens is 1. The zero-order valence-electron chi connectivity index (χ0n) is 17.1. The van der Waals surface area contributed by atoms with Gasteiger partial charge in [-0.05, 0) is 35.7 Å². The number of hydrogen-bond acceptors (Lipinski definition) is 4. The molecule has 3 aromatic rings. The SMILES string of the molecule is C=C1C(=O)N(C)CC(=O)N2C1Cc1c([nH]c3ccccc13)C2c1ccc2c(c1)OCO2. The summed E-state index contributed by atoms with van der Waals surface area (Å²) >= 11 is 0. The van der Waals surface area contributed by atoms with Crippen molar-refractivity contribution in [1.29, 1.82) is 0 Å². The highest BCUT2D eigenvalue weighted by molar-refractivity contribution is 6.00. The van der Waals surface area contributed by atoms with Crippen LogP contribution in [0.15, 0.2) is 54.6 Å². The summed E-state index contributed by atoms with van der Waals surface area (Å²) in [4.78, 5) is 33.1. The Hall–Kier alpha value is -3.74. The molecule has 0 saturated carbocycles. The molecule has 0 spiro atoms. The molecule has 7 nitrogen and oxygen atoms in total. The van der Waals surface area contributed by atoms with Crippen molar-refractivity contribution >= 4 is 22.7 Å². The van der Waals surface area contributed by atoms with E-state index >= 15 is 0 Å². The maximum absolute atomic E-state index is 13.4. The normalized spacial score (nSPS) is 22.5. The largest absolute Gasteiger partial charge is 0.454 e. The van der Waals surface area contributed by atoms with Crippen molar-refractivity contribution in [3.63, 3.8) is 0 Å². The minimum atomic E-state index is -0.410. The van der Waals surface area contributed by atoms with Gasteiger partial charge < -0.3 is 24.3 Å². The lowest BCUT2D eigenvalue weighted by molar-refractivity contribution is -0.137. The van der Waals surface area contributed by atoms with Crippen LogP contribution in [0.5, 0.6) is 11.5 Å². The van der Waals surface area contributed by atoms with Crippen molar-refractivity contribution in [2.75, 3.05) is 20.4 Å². The number of nitrogens with zero attached hydrogens (tertiary/aromatic N) is 2. The van der Waals surface area contributed by atoms with Gasteiger partial charge in [0.15, 0.2) is 11.5 Å². The average molecular weight is 415 g/mol. The molecule has 1 fully saturated rings. The molecule has 1 saturated heterocycles. The maximum atomic E-state index is 13.4. The number of likely N-dealkylation sites (N-methyl/N-ethyl adjacent to an activating group) is 1. The van der Waals surface area contributed by atoms with Crippen LogP contribution in [0.25, 0.3) is 10.9 Å². The summed E-state index contributed by atoms with van der Waals surface area (Å²) in [7, 11) is 1.65. The number of rotatable bonds is 1. The topological polar surface area (TPSA) is 74.9 Å². The van der Waals surface area contributed by atoms with E-state index in [1.807, 2.05) is 41.3 Å². The molecule has 0 aliphatic carbocycles. The highest BCUT2D eigenvalue weighted by Gasteiger charge is 2.45. The summed E-state index contributed by atoms with van der Waals surface area (Å²) in [6.07, 6.45) is 0.546. The highest BCUT2D eigenvalue weighted by Crippen LogP contribution is 2.45. The Morgan fingerprint density at radius 1 is 1.10 bits per heavy atom. The number of para-hydroxylation sites is 1. The molecular weight excluding hydrogens is 394 g/mol. The van der Waals surface area contributed by atoms with Crippen molar-refractivity contribution in [3.8, 4) is 11.5 Å². The maximum Gasteiger partial charge on any atom is 0.251 e. The molecule has 2 unspecified atom stereocenters. The number of aromatic nitrogens is 1. The van der Waals surface area contributed by atoms with E-state index in [0.717, 1.165) is 27.7 Å². The van der Waals surface area contributed by atoms with Crippen molar-refractivity contribution < 1.29 is 19.1 Å². The molecule has 156 valence electrons. The Morgan fingerprint density at radius 3 is 2.77 bits per heavy atom. The standard InChI is InChI=1S/C24H21N3O4/c1-13-18-10-16-15-5-3-4-6-17(15)25-22(16)23(27(18)21(28)11-26(2)24(13)29)14-7-8-19-20(9-14)31-12-30-19/h3-9,18,23,25H,1,10-12H2,2H3. The second-order valence-corrected chi connectivity index (χ2v) is 8.29. The molecular formula is C24H21N3O4. The first-order valence-corrected chi connectivity index (χ1v) is 10.3. The van der Waals surface area contributed by atoms with Gasteiger partial charge in [-0.25, -0.2) is 0 Å². The fourth-order valence-corrected chi connectivity index (χ4v) is 5.05. The Kier molecular flexibility index (Phi) is 3.72. The van der Waals surface area contributed by atoms with Crippen molar-refractivity contribution in [1.82, 2.24) is 14.8 Å². The minimum Gasteiger partial charge on any atom is -0.454 e. The van der Waals surface area contributed by atoms with Gasteiger partial charge in [0.25, 0.3) is 5.91 Å². The number of benzene rings is 2. The number of ether oxygens (including phenoxy) is 2.